The molecule has 5 aromatic rings. The van der Waals surface area contributed by atoms with Gasteiger partial charge >= 0.3 is 0 Å². The monoisotopic (exact) mass is 447 g/mol. The van der Waals surface area contributed by atoms with E-state index in [1.807, 2.05) is 24.3 Å². The van der Waals surface area contributed by atoms with Gasteiger partial charge in [0.1, 0.15) is 6.17 Å². The third-order valence-corrected chi connectivity index (χ3v) is 7.08. The average molecular weight is 448 g/mol. The molecule has 3 nitrogen and oxygen atoms in total. The van der Waals surface area contributed by atoms with E-state index < -0.39 is 0 Å². The molecule has 0 saturated carbocycles. The van der Waals surface area contributed by atoms with E-state index in [1.165, 1.54) is 44.9 Å². The van der Waals surface area contributed by atoms with E-state index in [2.05, 4.69) is 107 Å². The smallest absolute Gasteiger partial charge is 0.131 e. The number of nitrogens with one attached hydrogen (secondary N) is 1. The zero-order valence-corrected chi connectivity index (χ0v) is 18.9. The summed E-state index contributed by atoms with van der Waals surface area (Å²) in [6.07, 6.45) is 0.0881. The molecule has 0 amide bonds. The Labute approximate surface area is 204 Å². The summed E-state index contributed by atoms with van der Waals surface area (Å²) < 4.78 is 0. The molecule has 0 radical (unpaired) electrons. The Morgan fingerprint density at radius 3 is 1.94 bits per heavy atom. The van der Waals surface area contributed by atoms with E-state index in [0.29, 0.717) is 5.56 Å². The van der Waals surface area contributed by atoms with Crippen molar-refractivity contribution in [2.24, 2.45) is 0 Å². The highest BCUT2D eigenvalue weighted by Crippen LogP contribution is 2.54. The van der Waals surface area contributed by atoms with Crippen molar-refractivity contribution in [3.63, 3.8) is 0 Å². The normalized spacial score (nSPS) is 14.7. The minimum atomic E-state index is 0.0881. The summed E-state index contributed by atoms with van der Waals surface area (Å²) in [5.41, 5.74) is 12.8. The standard InChI is InChI=1S/C32H21N3/c33-20-21-9-11-22(12-10-21)23-13-15-24(16-14-23)25-17-18-27-28(19-25)26-5-1-3-7-30(26)35-31-8-4-2-6-29(31)34-32(27)35/h1-19,32,34H. The van der Waals surface area contributed by atoms with Crippen LogP contribution in [0.4, 0.5) is 17.1 Å². The molecular formula is C32H21N3. The van der Waals surface area contributed by atoms with Crippen LogP contribution >= 0.6 is 0 Å². The van der Waals surface area contributed by atoms with Crippen molar-refractivity contribution >= 4 is 17.1 Å². The Morgan fingerprint density at radius 2 is 1.20 bits per heavy atom. The lowest BCUT2D eigenvalue weighted by Gasteiger charge is -2.35. The summed E-state index contributed by atoms with van der Waals surface area (Å²) in [6, 6.07) is 42.6. The van der Waals surface area contributed by atoms with Gasteiger partial charge in [0, 0.05) is 11.1 Å². The van der Waals surface area contributed by atoms with Gasteiger partial charge in [0.2, 0.25) is 0 Å². The highest BCUT2D eigenvalue weighted by molar-refractivity contribution is 5.95. The summed E-state index contributed by atoms with van der Waals surface area (Å²) in [7, 11) is 0. The Hall–Kier alpha value is -4.81. The number of hydrogen-bond acceptors (Lipinski definition) is 3. The van der Waals surface area contributed by atoms with Crippen molar-refractivity contribution in [3.05, 3.63) is 126 Å². The molecule has 2 aliphatic heterocycles. The summed E-state index contributed by atoms with van der Waals surface area (Å²) in [4.78, 5) is 2.42. The van der Waals surface area contributed by atoms with Crippen LogP contribution in [0.2, 0.25) is 0 Å². The second kappa shape index (κ2) is 7.62. The van der Waals surface area contributed by atoms with Crippen LogP contribution in [0.1, 0.15) is 17.3 Å². The number of hydrogen-bond donors (Lipinski definition) is 1. The lowest BCUT2D eigenvalue weighted by Crippen LogP contribution is -2.27. The topological polar surface area (TPSA) is 39.1 Å². The van der Waals surface area contributed by atoms with Crippen LogP contribution in [-0.2, 0) is 0 Å². The first-order chi connectivity index (χ1) is 17.3. The lowest BCUT2D eigenvalue weighted by atomic mass is 9.88. The molecule has 3 heteroatoms. The maximum atomic E-state index is 9.05. The van der Waals surface area contributed by atoms with Gasteiger partial charge in [-0.1, -0.05) is 78.9 Å². The summed E-state index contributed by atoms with van der Waals surface area (Å²) in [6.45, 7) is 0. The van der Waals surface area contributed by atoms with Crippen LogP contribution in [0.3, 0.4) is 0 Å². The minimum Gasteiger partial charge on any atom is -0.359 e. The van der Waals surface area contributed by atoms with Crippen LogP contribution in [0.5, 0.6) is 0 Å². The Bertz CT molecular complexity index is 1630. The van der Waals surface area contributed by atoms with Crippen LogP contribution in [0.25, 0.3) is 33.4 Å². The molecule has 5 aromatic carbocycles. The molecule has 7 rings (SSSR count). The average Bonchev–Trinajstić information content (AvgIpc) is 3.33. The second-order valence-corrected chi connectivity index (χ2v) is 9.02. The molecule has 0 bridgehead atoms. The van der Waals surface area contributed by atoms with Crippen molar-refractivity contribution in [1.29, 1.82) is 5.26 Å². The van der Waals surface area contributed by atoms with Crippen LogP contribution < -0.4 is 10.2 Å². The SMILES string of the molecule is N#Cc1ccc(-c2ccc(-c3ccc4c(c3)-c3ccccc3N3c5ccccc5NC43)cc2)cc1. The van der Waals surface area contributed by atoms with E-state index in [0.717, 1.165) is 11.1 Å². The van der Waals surface area contributed by atoms with Gasteiger partial charge in [0.25, 0.3) is 0 Å². The summed E-state index contributed by atoms with van der Waals surface area (Å²) >= 11 is 0. The number of anilines is 3. The van der Waals surface area contributed by atoms with E-state index in [-0.39, 0.29) is 6.17 Å². The van der Waals surface area contributed by atoms with Crippen LogP contribution in [-0.4, -0.2) is 0 Å². The predicted octanol–water partition coefficient (Wildman–Crippen LogP) is 8.14. The van der Waals surface area contributed by atoms with Crippen molar-refractivity contribution in [3.8, 4) is 39.4 Å². The molecule has 0 spiro atoms. The molecular weight excluding hydrogens is 426 g/mol. The van der Waals surface area contributed by atoms with E-state index >= 15 is 0 Å². The number of para-hydroxylation sites is 3. The van der Waals surface area contributed by atoms with Gasteiger partial charge in [-0.05, 0) is 64.2 Å². The van der Waals surface area contributed by atoms with Crippen molar-refractivity contribution < 1.29 is 0 Å². The molecule has 2 aliphatic rings. The molecule has 0 aromatic heterocycles. The van der Waals surface area contributed by atoms with Crippen LogP contribution in [0, 0.1) is 11.3 Å². The molecule has 1 atom stereocenters. The predicted molar refractivity (Wildman–Crippen MR) is 142 cm³/mol. The van der Waals surface area contributed by atoms with Crippen molar-refractivity contribution in [1.82, 2.24) is 0 Å². The largest absolute Gasteiger partial charge is 0.359 e. The third kappa shape index (κ3) is 3.04. The molecule has 0 saturated heterocycles. The zero-order valence-electron chi connectivity index (χ0n) is 18.9. The fraction of sp³-hybridized carbons (Fsp3) is 0.0312. The first-order valence-electron chi connectivity index (χ1n) is 11.8. The molecule has 164 valence electrons. The van der Waals surface area contributed by atoms with Gasteiger partial charge in [0.15, 0.2) is 0 Å². The number of nitrogens with zero attached hydrogens (tertiary/aromatic N) is 2. The van der Waals surface area contributed by atoms with Gasteiger partial charge < -0.3 is 10.2 Å². The lowest BCUT2D eigenvalue weighted by molar-refractivity contribution is 0.819. The summed E-state index contributed by atoms with van der Waals surface area (Å²) in [5, 5.41) is 12.8. The minimum absolute atomic E-state index is 0.0881. The van der Waals surface area contributed by atoms with Gasteiger partial charge in [0.05, 0.1) is 28.7 Å². The first kappa shape index (κ1) is 19.6. The molecule has 35 heavy (non-hydrogen) atoms. The fourth-order valence-electron chi connectivity index (χ4n) is 5.35. The van der Waals surface area contributed by atoms with E-state index in [4.69, 9.17) is 5.26 Å². The third-order valence-electron chi connectivity index (χ3n) is 7.08. The molecule has 1 unspecified atom stereocenters. The highest BCUT2D eigenvalue weighted by Gasteiger charge is 2.37. The Balaban J connectivity index is 1.29. The highest BCUT2D eigenvalue weighted by atomic mass is 15.3. The number of rotatable bonds is 2. The number of nitriles is 1. The maximum absolute atomic E-state index is 9.05. The Kier molecular flexibility index (Phi) is 4.27. The van der Waals surface area contributed by atoms with E-state index in [9.17, 15) is 0 Å². The summed E-state index contributed by atoms with van der Waals surface area (Å²) in [5.74, 6) is 0. The van der Waals surface area contributed by atoms with Gasteiger partial charge in [-0.2, -0.15) is 5.26 Å². The van der Waals surface area contributed by atoms with Crippen LogP contribution in [0.15, 0.2) is 115 Å². The molecule has 2 heterocycles. The maximum Gasteiger partial charge on any atom is 0.131 e. The van der Waals surface area contributed by atoms with Gasteiger partial charge in [-0.25, -0.2) is 0 Å². The zero-order chi connectivity index (χ0) is 23.4. The van der Waals surface area contributed by atoms with E-state index in [1.54, 1.807) is 0 Å². The molecule has 1 N–H and O–H groups in total. The first-order valence-corrected chi connectivity index (χ1v) is 11.8. The second-order valence-electron chi connectivity index (χ2n) is 9.02. The van der Waals surface area contributed by atoms with Gasteiger partial charge in [-0.3, -0.25) is 0 Å². The number of benzene rings is 5. The van der Waals surface area contributed by atoms with Crippen molar-refractivity contribution in [2.45, 2.75) is 6.17 Å². The van der Waals surface area contributed by atoms with Gasteiger partial charge in [-0.15, -0.1) is 0 Å². The molecule has 0 fully saturated rings. The molecule has 0 aliphatic carbocycles. The quantitative estimate of drug-likeness (QED) is 0.297. The number of fused-ring (bicyclic) bond motifs is 8. The van der Waals surface area contributed by atoms with Crippen molar-refractivity contribution in [2.75, 3.05) is 10.2 Å². The fourth-order valence-corrected chi connectivity index (χ4v) is 5.35. The Morgan fingerprint density at radius 1 is 0.600 bits per heavy atom.